The van der Waals surface area contributed by atoms with Crippen LogP contribution >= 0.6 is 0 Å². The van der Waals surface area contributed by atoms with E-state index in [2.05, 4.69) is 36.1 Å². The molecule has 1 heterocycles. The van der Waals surface area contributed by atoms with Gasteiger partial charge in [0.1, 0.15) is 0 Å². The SMILES string of the molecule is CCNc1nc(NCC)nc(N/N=C/c2cccc(OC)c2O)n1. The fourth-order valence-corrected chi connectivity index (χ4v) is 1.87. The van der Waals surface area contributed by atoms with Crippen LogP contribution in [0, 0.1) is 0 Å². The van der Waals surface area contributed by atoms with Crippen molar-refractivity contribution in [2.45, 2.75) is 13.8 Å². The van der Waals surface area contributed by atoms with Gasteiger partial charge in [0.25, 0.3) is 0 Å². The Hall–Kier alpha value is -3.10. The number of phenols is 1. The van der Waals surface area contributed by atoms with Crippen molar-refractivity contribution in [2.24, 2.45) is 5.10 Å². The summed E-state index contributed by atoms with van der Waals surface area (Å²) in [6.07, 6.45) is 1.46. The van der Waals surface area contributed by atoms with E-state index in [1.807, 2.05) is 13.8 Å². The molecule has 0 saturated carbocycles. The Morgan fingerprint density at radius 1 is 1.08 bits per heavy atom. The molecule has 0 amide bonds. The number of ether oxygens (including phenoxy) is 1. The molecule has 0 aliphatic rings. The zero-order valence-electron chi connectivity index (χ0n) is 13.9. The molecule has 128 valence electrons. The highest BCUT2D eigenvalue weighted by Crippen LogP contribution is 2.27. The first-order chi connectivity index (χ1) is 11.7. The summed E-state index contributed by atoms with van der Waals surface area (Å²) in [6.45, 7) is 5.28. The molecule has 24 heavy (non-hydrogen) atoms. The fraction of sp³-hybridized carbons (Fsp3) is 0.333. The van der Waals surface area contributed by atoms with Crippen LogP contribution in [0.5, 0.6) is 11.5 Å². The van der Waals surface area contributed by atoms with Crippen LogP contribution < -0.4 is 20.8 Å². The van der Waals surface area contributed by atoms with Gasteiger partial charge in [0.05, 0.1) is 13.3 Å². The summed E-state index contributed by atoms with van der Waals surface area (Å²) in [4.78, 5) is 12.6. The summed E-state index contributed by atoms with van der Waals surface area (Å²) in [6, 6.07) is 5.14. The molecular formula is C15H21N7O2. The van der Waals surface area contributed by atoms with Crippen LogP contribution in [0.3, 0.4) is 0 Å². The first-order valence-electron chi connectivity index (χ1n) is 7.56. The van der Waals surface area contributed by atoms with E-state index in [0.29, 0.717) is 36.3 Å². The molecule has 9 heteroatoms. The number of aromatic hydroxyl groups is 1. The smallest absolute Gasteiger partial charge is 0.250 e. The molecule has 0 fully saturated rings. The lowest BCUT2D eigenvalue weighted by atomic mass is 10.2. The second kappa shape index (κ2) is 8.51. The van der Waals surface area contributed by atoms with E-state index in [-0.39, 0.29) is 11.7 Å². The number of nitrogens with one attached hydrogen (secondary N) is 3. The molecule has 0 spiro atoms. The summed E-state index contributed by atoms with van der Waals surface area (Å²) in [5.41, 5.74) is 3.24. The van der Waals surface area contributed by atoms with Gasteiger partial charge in [-0.1, -0.05) is 6.07 Å². The van der Waals surface area contributed by atoms with E-state index >= 15 is 0 Å². The number of rotatable bonds is 8. The maximum atomic E-state index is 10.0. The van der Waals surface area contributed by atoms with E-state index in [1.165, 1.54) is 13.3 Å². The highest BCUT2D eigenvalue weighted by Gasteiger charge is 2.06. The third-order valence-electron chi connectivity index (χ3n) is 2.92. The minimum Gasteiger partial charge on any atom is -0.504 e. The minimum atomic E-state index is 0.0166. The summed E-state index contributed by atoms with van der Waals surface area (Å²) in [5.74, 6) is 1.58. The predicted octanol–water partition coefficient (Wildman–Crippen LogP) is 1.90. The van der Waals surface area contributed by atoms with Gasteiger partial charge in [0, 0.05) is 18.7 Å². The molecule has 1 aromatic heterocycles. The zero-order chi connectivity index (χ0) is 17.4. The molecule has 0 bridgehead atoms. The van der Waals surface area contributed by atoms with Crippen LogP contribution in [0.2, 0.25) is 0 Å². The van der Waals surface area contributed by atoms with Crippen LogP contribution in [0.25, 0.3) is 0 Å². The molecule has 0 aliphatic carbocycles. The van der Waals surface area contributed by atoms with Gasteiger partial charge < -0.3 is 20.5 Å². The number of hydrogen-bond donors (Lipinski definition) is 4. The first kappa shape index (κ1) is 17.3. The number of aromatic nitrogens is 3. The normalized spacial score (nSPS) is 10.6. The molecule has 9 nitrogen and oxygen atoms in total. The highest BCUT2D eigenvalue weighted by molar-refractivity contribution is 5.85. The second-order valence-corrected chi connectivity index (χ2v) is 4.63. The molecule has 4 N–H and O–H groups in total. The second-order valence-electron chi connectivity index (χ2n) is 4.63. The van der Waals surface area contributed by atoms with Gasteiger partial charge in [0.2, 0.25) is 17.8 Å². The molecule has 0 saturated heterocycles. The Morgan fingerprint density at radius 3 is 2.29 bits per heavy atom. The van der Waals surface area contributed by atoms with Crippen molar-refractivity contribution >= 4 is 24.1 Å². The lowest BCUT2D eigenvalue weighted by molar-refractivity contribution is 0.373. The zero-order valence-corrected chi connectivity index (χ0v) is 13.9. The standard InChI is InChI=1S/C15H21N7O2/c1-4-16-13-19-14(17-5-2)21-15(20-13)22-18-9-10-7-6-8-11(24-3)12(10)23/h6-9,23H,4-5H2,1-3H3,(H3,16,17,19,20,21,22)/b18-9+. The number of nitrogens with zero attached hydrogens (tertiary/aromatic N) is 4. The average molecular weight is 331 g/mol. The Morgan fingerprint density at radius 2 is 1.71 bits per heavy atom. The number of para-hydroxylation sites is 1. The summed E-state index contributed by atoms with van der Waals surface area (Å²) >= 11 is 0. The van der Waals surface area contributed by atoms with E-state index in [0.717, 1.165) is 0 Å². The van der Waals surface area contributed by atoms with Gasteiger partial charge in [-0.15, -0.1) is 0 Å². The van der Waals surface area contributed by atoms with Crippen molar-refractivity contribution in [3.63, 3.8) is 0 Å². The fourth-order valence-electron chi connectivity index (χ4n) is 1.87. The van der Waals surface area contributed by atoms with Gasteiger partial charge in [-0.05, 0) is 26.0 Å². The lowest BCUT2D eigenvalue weighted by Gasteiger charge is -2.08. The van der Waals surface area contributed by atoms with Gasteiger partial charge in [-0.25, -0.2) is 5.43 Å². The Kier molecular flexibility index (Phi) is 6.12. The summed E-state index contributed by atoms with van der Waals surface area (Å²) in [7, 11) is 1.49. The highest BCUT2D eigenvalue weighted by atomic mass is 16.5. The number of anilines is 3. The molecule has 0 atom stereocenters. The van der Waals surface area contributed by atoms with Crippen LogP contribution in [0.4, 0.5) is 17.8 Å². The molecule has 2 rings (SSSR count). The molecule has 0 radical (unpaired) electrons. The van der Waals surface area contributed by atoms with Crippen LogP contribution in [0.1, 0.15) is 19.4 Å². The topological polar surface area (TPSA) is 117 Å². The number of hydrazone groups is 1. The maximum absolute atomic E-state index is 10.0. The number of phenolic OH excluding ortho intramolecular Hbond substituents is 1. The van der Waals surface area contributed by atoms with Gasteiger partial charge in [-0.2, -0.15) is 20.1 Å². The van der Waals surface area contributed by atoms with E-state index < -0.39 is 0 Å². The monoisotopic (exact) mass is 331 g/mol. The van der Waals surface area contributed by atoms with Crippen LogP contribution in [-0.4, -0.2) is 46.5 Å². The van der Waals surface area contributed by atoms with E-state index in [9.17, 15) is 5.11 Å². The quantitative estimate of drug-likeness (QED) is 0.428. The minimum absolute atomic E-state index is 0.0166. The third kappa shape index (κ3) is 4.45. The van der Waals surface area contributed by atoms with Crippen molar-refractivity contribution in [2.75, 3.05) is 36.3 Å². The van der Waals surface area contributed by atoms with Crippen LogP contribution in [-0.2, 0) is 0 Å². The number of benzene rings is 1. The van der Waals surface area contributed by atoms with E-state index in [4.69, 9.17) is 4.74 Å². The van der Waals surface area contributed by atoms with Crippen molar-refractivity contribution in [3.8, 4) is 11.5 Å². The van der Waals surface area contributed by atoms with Crippen LogP contribution in [0.15, 0.2) is 23.3 Å². The van der Waals surface area contributed by atoms with Gasteiger partial charge in [-0.3, -0.25) is 0 Å². The number of hydrogen-bond acceptors (Lipinski definition) is 9. The first-order valence-corrected chi connectivity index (χ1v) is 7.56. The van der Waals surface area contributed by atoms with Gasteiger partial charge in [0.15, 0.2) is 11.5 Å². The molecule has 2 aromatic rings. The average Bonchev–Trinajstić information content (AvgIpc) is 2.57. The number of methoxy groups -OCH3 is 1. The van der Waals surface area contributed by atoms with Crippen molar-refractivity contribution < 1.29 is 9.84 Å². The molecule has 0 aliphatic heterocycles. The summed E-state index contributed by atoms with van der Waals surface area (Å²) < 4.78 is 5.05. The lowest BCUT2D eigenvalue weighted by Crippen LogP contribution is -2.10. The molecule has 0 unspecified atom stereocenters. The predicted molar refractivity (Wildman–Crippen MR) is 94.0 cm³/mol. The Bertz CT molecular complexity index is 682. The molecular weight excluding hydrogens is 310 g/mol. The van der Waals surface area contributed by atoms with Crippen molar-refractivity contribution in [1.82, 2.24) is 15.0 Å². The van der Waals surface area contributed by atoms with Crippen molar-refractivity contribution in [1.29, 1.82) is 0 Å². The van der Waals surface area contributed by atoms with E-state index in [1.54, 1.807) is 18.2 Å². The Balaban J connectivity index is 2.16. The molecule has 1 aromatic carbocycles. The summed E-state index contributed by atoms with van der Waals surface area (Å²) in [5, 5.41) is 20.1. The third-order valence-corrected chi connectivity index (χ3v) is 2.92. The van der Waals surface area contributed by atoms with Crippen molar-refractivity contribution in [3.05, 3.63) is 23.8 Å². The maximum Gasteiger partial charge on any atom is 0.250 e. The Labute approximate surface area is 140 Å². The van der Waals surface area contributed by atoms with Gasteiger partial charge >= 0.3 is 0 Å². The largest absolute Gasteiger partial charge is 0.504 e.